The maximum absolute atomic E-state index is 5.34. The highest BCUT2D eigenvalue weighted by Gasteiger charge is 2.25. The van der Waals surface area contributed by atoms with Gasteiger partial charge in [-0.3, -0.25) is 9.88 Å². The van der Waals surface area contributed by atoms with Crippen LogP contribution in [-0.2, 0) is 0 Å². The van der Waals surface area contributed by atoms with Crippen LogP contribution in [0.3, 0.4) is 0 Å². The lowest BCUT2D eigenvalue weighted by Crippen LogP contribution is -2.18. The number of likely N-dealkylation sites (tertiary alicyclic amines) is 1. The van der Waals surface area contributed by atoms with Crippen LogP contribution in [0.15, 0.2) is 18.5 Å². The molecule has 76 valence electrons. The third-order valence-corrected chi connectivity index (χ3v) is 2.91. The standard InChI is InChI=1S/C11H16N2O/c1-13-7-3-4-10(13)9-8-12-6-5-11(9)14-2/h5-6,8,10H,3-4,7H2,1-2H3/t10-/m0/s1. The predicted molar refractivity (Wildman–Crippen MR) is 55.4 cm³/mol. The lowest BCUT2D eigenvalue weighted by molar-refractivity contribution is 0.305. The largest absolute Gasteiger partial charge is 0.496 e. The van der Waals surface area contributed by atoms with E-state index in [0.29, 0.717) is 6.04 Å². The van der Waals surface area contributed by atoms with Crippen molar-refractivity contribution in [2.45, 2.75) is 18.9 Å². The number of rotatable bonds is 2. The fraction of sp³-hybridized carbons (Fsp3) is 0.545. The summed E-state index contributed by atoms with van der Waals surface area (Å²) in [5.41, 5.74) is 1.22. The van der Waals surface area contributed by atoms with Gasteiger partial charge in [-0.25, -0.2) is 0 Å². The SMILES string of the molecule is COc1ccncc1[C@@H]1CCCN1C. The second kappa shape index (κ2) is 3.96. The number of hydrogen-bond acceptors (Lipinski definition) is 3. The average molecular weight is 192 g/mol. The van der Waals surface area contributed by atoms with Gasteiger partial charge in [0.25, 0.3) is 0 Å². The fourth-order valence-electron chi connectivity index (χ4n) is 2.13. The summed E-state index contributed by atoms with van der Waals surface area (Å²) in [4.78, 5) is 6.53. The van der Waals surface area contributed by atoms with Gasteiger partial charge in [0, 0.05) is 24.0 Å². The number of ether oxygens (including phenoxy) is 1. The Morgan fingerprint density at radius 3 is 3.07 bits per heavy atom. The van der Waals surface area contributed by atoms with Crippen molar-refractivity contribution in [3.63, 3.8) is 0 Å². The Kier molecular flexibility index (Phi) is 2.68. The van der Waals surface area contributed by atoms with Gasteiger partial charge in [0.1, 0.15) is 5.75 Å². The first kappa shape index (κ1) is 9.46. The molecule has 1 saturated heterocycles. The summed E-state index contributed by atoms with van der Waals surface area (Å²) in [5.74, 6) is 0.957. The summed E-state index contributed by atoms with van der Waals surface area (Å²) < 4.78 is 5.34. The van der Waals surface area contributed by atoms with Gasteiger partial charge >= 0.3 is 0 Å². The molecule has 0 spiro atoms. The molecule has 0 saturated carbocycles. The highest BCUT2D eigenvalue weighted by Crippen LogP contribution is 2.34. The smallest absolute Gasteiger partial charge is 0.126 e. The molecular formula is C11H16N2O. The number of nitrogens with zero attached hydrogens (tertiary/aromatic N) is 2. The lowest BCUT2D eigenvalue weighted by atomic mass is 10.1. The van der Waals surface area contributed by atoms with Crippen molar-refractivity contribution in [1.82, 2.24) is 9.88 Å². The van der Waals surface area contributed by atoms with E-state index < -0.39 is 0 Å². The molecule has 0 bridgehead atoms. The Hall–Kier alpha value is -1.09. The minimum Gasteiger partial charge on any atom is -0.496 e. The summed E-state index contributed by atoms with van der Waals surface area (Å²) in [6.45, 7) is 1.17. The molecule has 0 aromatic carbocycles. The van der Waals surface area contributed by atoms with Gasteiger partial charge in [0.2, 0.25) is 0 Å². The van der Waals surface area contributed by atoms with E-state index in [1.165, 1.54) is 24.9 Å². The minimum absolute atomic E-state index is 0.485. The molecule has 1 fully saturated rings. The quantitative estimate of drug-likeness (QED) is 0.715. The Labute approximate surface area is 84.7 Å². The van der Waals surface area contributed by atoms with Crippen molar-refractivity contribution >= 4 is 0 Å². The highest BCUT2D eigenvalue weighted by atomic mass is 16.5. The first-order chi connectivity index (χ1) is 6.83. The molecule has 1 aliphatic heterocycles. The Morgan fingerprint density at radius 1 is 1.57 bits per heavy atom. The van der Waals surface area contributed by atoms with Crippen molar-refractivity contribution < 1.29 is 4.74 Å². The monoisotopic (exact) mass is 192 g/mol. The van der Waals surface area contributed by atoms with Crippen LogP contribution < -0.4 is 4.74 Å². The van der Waals surface area contributed by atoms with Crippen molar-refractivity contribution in [1.29, 1.82) is 0 Å². The van der Waals surface area contributed by atoms with Crippen LogP contribution in [0.4, 0.5) is 0 Å². The van der Waals surface area contributed by atoms with E-state index in [1.807, 2.05) is 12.3 Å². The highest BCUT2D eigenvalue weighted by molar-refractivity contribution is 5.33. The molecule has 1 atom stereocenters. The van der Waals surface area contributed by atoms with Crippen LogP contribution in [0.1, 0.15) is 24.4 Å². The van der Waals surface area contributed by atoms with Crippen molar-refractivity contribution in [2.75, 3.05) is 20.7 Å². The average Bonchev–Trinajstić information content (AvgIpc) is 2.64. The van der Waals surface area contributed by atoms with Gasteiger partial charge < -0.3 is 4.74 Å². The second-order valence-electron chi connectivity index (χ2n) is 3.76. The Morgan fingerprint density at radius 2 is 2.43 bits per heavy atom. The van der Waals surface area contributed by atoms with Gasteiger partial charge in [-0.1, -0.05) is 0 Å². The number of hydrogen-bond donors (Lipinski definition) is 0. The van der Waals surface area contributed by atoms with Crippen LogP contribution in [0.2, 0.25) is 0 Å². The summed E-state index contributed by atoms with van der Waals surface area (Å²) in [6, 6.07) is 2.42. The molecule has 0 amide bonds. The van der Waals surface area contributed by atoms with Gasteiger partial charge in [-0.15, -0.1) is 0 Å². The first-order valence-corrected chi connectivity index (χ1v) is 5.01. The second-order valence-corrected chi connectivity index (χ2v) is 3.76. The molecule has 1 aromatic rings. The fourth-order valence-corrected chi connectivity index (χ4v) is 2.13. The number of pyridine rings is 1. The molecular weight excluding hydrogens is 176 g/mol. The molecule has 1 aromatic heterocycles. The topological polar surface area (TPSA) is 25.4 Å². The van der Waals surface area contributed by atoms with Crippen LogP contribution in [0, 0.1) is 0 Å². The Balaban J connectivity index is 2.30. The van der Waals surface area contributed by atoms with E-state index in [4.69, 9.17) is 4.74 Å². The van der Waals surface area contributed by atoms with E-state index in [0.717, 1.165) is 5.75 Å². The Bertz CT molecular complexity index is 314. The van der Waals surface area contributed by atoms with Crippen molar-refractivity contribution in [3.8, 4) is 5.75 Å². The first-order valence-electron chi connectivity index (χ1n) is 5.01. The van der Waals surface area contributed by atoms with Gasteiger partial charge in [0.05, 0.1) is 7.11 Å². The summed E-state index contributed by atoms with van der Waals surface area (Å²) in [6.07, 6.45) is 6.17. The van der Waals surface area contributed by atoms with E-state index in [1.54, 1.807) is 13.3 Å². The third kappa shape index (κ3) is 1.60. The molecule has 2 rings (SSSR count). The zero-order chi connectivity index (χ0) is 9.97. The van der Waals surface area contributed by atoms with E-state index >= 15 is 0 Å². The number of aromatic nitrogens is 1. The maximum atomic E-state index is 5.34. The minimum atomic E-state index is 0.485. The molecule has 0 aliphatic carbocycles. The van der Waals surface area contributed by atoms with E-state index in [9.17, 15) is 0 Å². The van der Waals surface area contributed by atoms with Crippen LogP contribution >= 0.6 is 0 Å². The number of methoxy groups -OCH3 is 1. The zero-order valence-corrected chi connectivity index (χ0v) is 8.73. The lowest BCUT2D eigenvalue weighted by Gasteiger charge is -2.21. The molecule has 2 heterocycles. The van der Waals surface area contributed by atoms with E-state index in [-0.39, 0.29) is 0 Å². The molecule has 0 radical (unpaired) electrons. The van der Waals surface area contributed by atoms with Gasteiger partial charge in [-0.2, -0.15) is 0 Å². The molecule has 0 unspecified atom stereocenters. The molecule has 3 heteroatoms. The molecule has 3 nitrogen and oxygen atoms in total. The maximum Gasteiger partial charge on any atom is 0.126 e. The summed E-state index contributed by atoms with van der Waals surface area (Å²) in [7, 11) is 3.87. The van der Waals surface area contributed by atoms with E-state index in [2.05, 4.69) is 16.9 Å². The summed E-state index contributed by atoms with van der Waals surface area (Å²) >= 11 is 0. The normalized spacial score (nSPS) is 22.6. The van der Waals surface area contributed by atoms with Crippen LogP contribution in [-0.4, -0.2) is 30.6 Å². The zero-order valence-electron chi connectivity index (χ0n) is 8.73. The molecule has 1 aliphatic rings. The van der Waals surface area contributed by atoms with Crippen molar-refractivity contribution in [3.05, 3.63) is 24.0 Å². The predicted octanol–water partition coefficient (Wildman–Crippen LogP) is 1.86. The van der Waals surface area contributed by atoms with Gasteiger partial charge in [-0.05, 0) is 32.5 Å². The van der Waals surface area contributed by atoms with Crippen molar-refractivity contribution in [2.24, 2.45) is 0 Å². The molecule has 0 N–H and O–H groups in total. The summed E-state index contributed by atoms with van der Waals surface area (Å²) in [5, 5.41) is 0. The van der Waals surface area contributed by atoms with Crippen LogP contribution in [0.25, 0.3) is 0 Å². The molecule has 14 heavy (non-hydrogen) atoms. The third-order valence-electron chi connectivity index (χ3n) is 2.91. The van der Waals surface area contributed by atoms with Crippen LogP contribution in [0.5, 0.6) is 5.75 Å². The van der Waals surface area contributed by atoms with Gasteiger partial charge in [0.15, 0.2) is 0 Å².